The Bertz CT molecular complexity index is 588. The van der Waals surface area contributed by atoms with Gasteiger partial charge in [-0.1, -0.05) is 18.2 Å². The summed E-state index contributed by atoms with van der Waals surface area (Å²) < 4.78 is 5.21. The molecule has 0 aliphatic heterocycles. The molecule has 2 rings (SSSR count). The van der Waals surface area contributed by atoms with Crippen molar-refractivity contribution in [1.82, 2.24) is 4.98 Å². The molecule has 3 heteroatoms. The number of benzene rings is 1. The molecule has 0 N–H and O–H groups in total. The molecule has 0 unspecified atom stereocenters. The van der Waals surface area contributed by atoms with Crippen LogP contribution in [-0.4, -0.2) is 17.9 Å². The first-order valence-electron chi connectivity index (χ1n) is 5.33. The standard InChI is InChI=1S/C14H13NO2/c1-10(16)7-8-12-9-11-5-3-4-6-13(11)15-14(12)17-2/h3-9H,1-2H3. The number of ketones is 1. The van der Waals surface area contributed by atoms with Gasteiger partial charge < -0.3 is 4.74 Å². The normalized spacial score (nSPS) is 10.9. The number of carbonyl (C=O) groups is 1. The Morgan fingerprint density at radius 3 is 2.82 bits per heavy atom. The average molecular weight is 227 g/mol. The molecule has 0 spiro atoms. The fraction of sp³-hybridized carbons (Fsp3) is 0.143. The van der Waals surface area contributed by atoms with Gasteiger partial charge in [-0.25, -0.2) is 4.98 Å². The number of hydrogen-bond acceptors (Lipinski definition) is 3. The SMILES string of the molecule is COc1nc2ccccc2cc1C=CC(C)=O. The molecule has 86 valence electrons. The Kier molecular flexibility index (Phi) is 3.19. The molecular weight excluding hydrogens is 214 g/mol. The quantitative estimate of drug-likeness (QED) is 0.757. The number of allylic oxidation sites excluding steroid dienone is 1. The van der Waals surface area contributed by atoms with E-state index >= 15 is 0 Å². The Labute approximate surface area is 99.7 Å². The molecule has 2 aromatic rings. The largest absolute Gasteiger partial charge is 0.481 e. The van der Waals surface area contributed by atoms with Crippen LogP contribution in [0.1, 0.15) is 12.5 Å². The average Bonchev–Trinajstić information content (AvgIpc) is 2.35. The van der Waals surface area contributed by atoms with Crippen LogP contribution in [0.3, 0.4) is 0 Å². The van der Waals surface area contributed by atoms with Crippen molar-refractivity contribution >= 4 is 22.8 Å². The van der Waals surface area contributed by atoms with Gasteiger partial charge in [0, 0.05) is 10.9 Å². The second kappa shape index (κ2) is 4.78. The molecule has 0 atom stereocenters. The Balaban J connectivity index is 2.56. The topological polar surface area (TPSA) is 39.2 Å². The molecule has 0 bridgehead atoms. The smallest absolute Gasteiger partial charge is 0.221 e. The summed E-state index contributed by atoms with van der Waals surface area (Å²) in [5.74, 6) is 0.529. The summed E-state index contributed by atoms with van der Waals surface area (Å²) in [5, 5.41) is 1.02. The number of methoxy groups -OCH3 is 1. The summed E-state index contributed by atoms with van der Waals surface area (Å²) in [6.07, 6.45) is 3.23. The first-order chi connectivity index (χ1) is 8.20. The predicted molar refractivity (Wildman–Crippen MR) is 68.0 cm³/mol. The first kappa shape index (κ1) is 11.3. The zero-order valence-electron chi connectivity index (χ0n) is 9.81. The van der Waals surface area contributed by atoms with Gasteiger partial charge in [0.05, 0.1) is 12.6 Å². The molecule has 1 aromatic heterocycles. The second-order valence-corrected chi connectivity index (χ2v) is 3.72. The molecular formula is C14H13NO2. The van der Waals surface area contributed by atoms with Gasteiger partial charge in [0.2, 0.25) is 5.88 Å². The van der Waals surface area contributed by atoms with Crippen molar-refractivity contribution in [2.45, 2.75) is 6.92 Å². The molecule has 17 heavy (non-hydrogen) atoms. The van der Waals surface area contributed by atoms with E-state index in [9.17, 15) is 4.79 Å². The van der Waals surface area contributed by atoms with Crippen LogP contribution in [0.25, 0.3) is 17.0 Å². The third kappa shape index (κ3) is 2.50. The van der Waals surface area contributed by atoms with Gasteiger partial charge in [0.1, 0.15) is 0 Å². The van der Waals surface area contributed by atoms with E-state index in [1.54, 1.807) is 13.2 Å². The number of carbonyl (C=O) groups excluding carboxylic acids is 1. The van der Waals surface area contributed by atoms with Crippen molar-refractivity contribution in [3.05, 3.63) is 42.0 Å². The van der Waals surface area contributed by atoms with Crippen LogP contribution in [0.5, 0.6) is 5.88 Å². The molecule has 0 amide bonds. The highest BCUT2D eigenvalue weighted by molar-refractivity contribution is 5.92. The lowest BCUT2D eigenvalue weighted by Gasteiger charge is -2.05. The summed E-state index contributed by atoms with van der Waals surface area (Å²) in [6, 6.07) is 9.75. The van der Waals surface area contributed by atoms with Crippen molar-refractivity contribution in [3.63, 3.8) is 0 Å². The zero-order valence-corrected chi connectivity index (χ0v) is 9.81. The van der Waals surface area contributed by atoms with E-state index in [1.807, 2.05) is 30.3 Å². The van der Waals surface area contributed by atoms with E-state index in [0.717, 1.165) is 16.5 Å². The third-order valence-corrected chi connectivity index (χ3v) is 2.41. The van der Waals surface area contributed by atoms with Crippen LogP contribution >= 0.6 is 0 Å². The van der Waals surface area contributed by atoms with Gasteiger partial charge in [-0.15, -0.1) is 0 Å². The molecule has 1 aromatic carbocycles. The minimum Gasteiger partial charge on any atom is -0.481 e. The van der Waals surface area contributed by atoms with Gasteiger partial charge in [0.15, 0.2) is 5.78 Å². The zero-order chi connectivity index (χ0) is 12.3. The molecule has 1 heterocycles. The summed E-state index contributed by atoms with van der Waals surface area (Å²) in [6.45, 7) is 1.51. The number of ether oxygens (including phenoxy) is 1. The lowest BCUT2D eigenvalue weighted by atomic mass is 10.1. The van der Waals surface area contributed by atoms with E-state index in [0.29, 0.717) is 5.88 Å². The molecule has 3 nitrogen and oxygen atoms in total. The summed E-state index contributed by atoms with van der Waals surface area (Å²) in [7, 11) is 1.57. The van der Waals surface area contributed by atoms with E-state index in [4.69, 9.17) is 4.74 Å². The highest BCUT2D eigenvalue weighted by atomic mass is 16.5. The van der Waals surface area contributed by atoms with E-state index in [2.05, 4.69) is 4.98 Å². The summed E-state index contributed by atoms with van der Waals surface area (Å²) >= 11 is 0. The number of rotatable bonds is 3. The van der Waals surface area contributed by atoms with Gasteiger partial charge in [-0.2, -0.15) is 0 Å². The minimum atomic E-state index is 0.000196. The molecule has 0 radical (unpaired) electrons. The molecule has 0 saturated heterocycles. The fourth-order valence-corrected chi connectivity index (χ4v) is 1.60. The highest BCUT2D eigenvalue weighted by Crippen LogP contribution is 2.23. The van der Waals surface area contributed by atoms with Crippen LogP contribution in [0, 0.1) is 0 Å². The van der Waals surface area contributed by atoms with Crippen LogP contribution in [0.15, 0.2) is 36.4 Å². The third-order valence-electron chi connectivity index (χ3n) is 2.41. The Hall–Kier alpha value is -2.16. The predicted octanol–water partition coefficient (Wildman–Crippen LogP) is 2.85. The maximum absolute atomic E-state index is 10.9. The van der Waals surface area contributed by atoms with Gasteiger partial charge in [0.25, 0.3) is 0 Å². The Morgan fingerprint density at radius 2 is 2.12 bits per heavy atom. The van der Waals surface area contributed by atoms with Crippen LogP contribution in [0.4, 0.5) is 0 Å². The lowest BCUT2D eigenvalue weighted by molar-refractivity contribution is -0.112. The number of aromatic nitrogens is 1. The fourth-order valence-electron chi connectivity index (χ4n) is 1.60. The highest BCUT2D eigenvalue weighted by Gasteiger charge is 2.04. The van der Waals surface area contributed by atoms with Crippen LogP contribution < -0.4 is 4.74 Å². The summed E-state index contributed by atoms with van der Waals surface area (Å²) in [4.78, 5) is 15.3. The Morgan fingerprint density at radius 1 is 1.35 bits per heavy atom. The molecule has 0 fully saturated rings. The van der Waals surface area contributed by atoms with E-state index in [1.165, 1.54) is 13.0 Å². The number of pyridine rings is 1. The lowest BCUT2D eigenvalue weighted by Crippen LogP contribution is -1.92. The second-order valence-electron chi connectivity index (χ2n) is 3.72. The number of nitrogens with zero attached hydrogens (tertiary/aromatic N) is 1. The van der Waals surface area contributed by atoms with E-state index < -0.39 is 0 Å². The van der Waals surface area contributed by atoms with Gasteiger partial charge in [-0.05, 0) is 31.2 Å². The maximum Gasteiger partial charge on any atom is 0.221 e. The minimum absolute atomic E-state index is 0.000196. The van der Waals surface area contributed by atoms with Crippen molar-refractivity contribution in [2.24, 2.45) is 0 Å². The molecule has 0 aliphatic rings. The van der Waals surface area contributed by atoms with Crippen molar-refractivity contribution < 1.29 is 9.53 Å². The first-order valence-corrected chi connectivity index (χ1v) is 5.33. The maximum atomic E-state index is 10.9. The van der Waals surface area contributed by atoms with E-state index in [-0.39, 0.29) is 5.78 Å². The van der Waals surface area contributed by atoms with Crippen LogP contribution in [-0.2, 0) is 4.79 Å². The van der Waals surface area contributed by atoms with Crippen molar-refractivity contribution in [3.8, 4) is 5.88 Å². The van der Waals surface area contributed by atoms with Gasteiger partial charge in [-0.3, -0.25) is 4.79 Å². The monoisotopic (exact) mass is 227 g/mol. The summed E-state index contributed by atoms with van der Waals surface area (Å²) in [5.41, 5.74) is 1.69. The van der Waals surface area contributed by atoms with Gasteiger partial charge >= 0.3 is 0 Å². The van der Waals surface area contributed by atoms with Crippen molar-refractivity contribution in [2.75, 3.05) is 7.11 Å². The number of hydrogen-bond donors (Lipinski definition) is 0. The number of para-hydroxylation sites is 1. The molecule has 0 aliphatic carbocycles. The van der Waals surface area contributed by atoms with Crippen molar-refractivity contribution in [1.29, 1.82) is 0 Å². The number of fused-ring (bicyclic) bond motifs is 1. The molecule has 0 saturated carbocycles. The van der Waals surface area contributed by atoms with Crippen LogP contribution in [0.2, 0.25) is 0 Å².